The number of hydrogen-bond donors (Lipinski definition) is 1. The average molecular weight is 584 g/mol. The van der Waals surface area contributed by atoms with Crippen molar-refractivity contribution in [1.82, 2.24) is 15.2 Å². The summed E-state index contributed by atoms with van der Waals surface area (Å²) in [6.07, 6.45) is 1.37. The predicted octanol–water partition coefficient (Wildman–Crippen LogP) is 5.93. The molecule has 1 fully saturated rings. The maximum atomic E-state index is 13.9. The lowest BCUT2D eigenvalue weighted by Gasteiger charge is -2.44. The summed E-state index contributed by atoms with van der Waals surface area (Å²) in [7, 11) is 0. The highest BCUT2D eigenvalue weighted by molar-refractivity contribution is 6.01. The number of benzene rings is 3. The zero-order valence-corrected chi connectivity index (χ0v) is 24.8. The number of nitrogens with one attached hydrogen (secondary N) is 1. The van der Waals surface area contributed by atoms with Crippen molar-refractivity contribution in [2.75, 3.05) is 13.1 Å². The molecule has 2 amide bonds. The minimum Gasteiger partial charge on any atom is -0.486 e. The van der Waals surface area contributed by atoms with Crippen molar-refractivity contribution in [1.29, 1.82) is 0 Å². The lowest BCUT2D eigenvalue weighted by Crippen LogP contribution is -2.52. The summed E-state index contributed by atoms with van der Waals surface area (Å²) < 4.78 is 6.48. The van der Waals surface area contributed by atoms with Crippen LogP contribution in [0.5, 0.6) is 5.75 Å². The number of rotatable bonds is 4. The van der Waals surface area contributed by atoms with Gasteiger partial charge in [0.1, 0.15) is 11.4 Å². The average Bonchev–Trinajstić information content (AvgIpc) is 3.04. The summed E-state index contributed by atoms with van der Waals surface area (Å²) in [5.74, 6) is 6.38. The number of nitrogens with zero attached hydrogens (tertiary/aromatic N) is 2. The minimum atomic E-state index is -0.642. The van der Waals surface area contributed by atoms with Gasteiger partial charge in [0.15, 0.2) is 5.78 Å². The maximum absolute atomic E-state index is 13.9. The third kappa shape index (κ3) is 6.25. The molecule has 44 heavy (non-hydrogen) atoms. The summed E-state index contributed by atoms with van der Waals surface area (Å²) in [5.41, 5.74) is 4.54. The standard InChI is InChI=1S/C37H33N3O4/c1-25(38-26(2)41)13-14-27-15-16-35-31(21-27)34(42)24-37(44-35)17-19-40(20-18-37)36(43)30-22-32(28-9-5-3-6-10-28)39-33(23-30)29-11-7-4-8-12-29/h3-12,15-16,21-23,25H,17-20,24H2,1-2H3,(H,38,41)/t25-/m1/s1. The predicted molar refractivity (Wildman–Crippen MR) is 169 cm³/mol. The highest BCUT2D eigenvalue weighted by Crippen LogP contribution is 2.40. The molecular formula is C37H33N3O4. The summed E-state index contributed by atoms with van der Waals surface area (Å²) in [4.78, 5) is 45.1. The Morgan fingerprint density at radius 2 is 1.52 bits per heavy atom. The van der Waals surface area contributed by atoms with Gasteiger partial charge in [-0.2, -0.15) is 0 Å². The van der Waals surface area contributed by atoms with Gasteiger partial charge in [-0.3, -0.25) is 14.4 Å². The molecule has 3 aromatic carbocycles. The molecule has 7 nitrogen and oxygen atoms in total. The fourth-order valence-corrected chi connectivity index (χ4v) is 5.85. The van der Waals surface area contributed by atoms with Crippen molar-refractivity contribution in [2.24, 2.45) is 0 Å². The number of piperidine rings is 1. The van der Waals surface area contributed by atoms with E-state index in [1.807, 2.05) is 83.8 Å². The molecule has 0 radical (unpaired) electrons. The summed E-state index contributed by atoms with van der Waals surface area (Å²) >= 11 is 0. The van der Waals surface area contributed by atoms with Crippen LogP contribution in [-0.4, -0.2) is 52.2 Å². The van der Waals surface area contributed by atoms with Gasteiger partial charge in [0.25, 0.3) is 5.91 Å². The first kappa shape index (κ1) is 28.9. The number of ether oxygens (including phenoxy) is 1. The topological polar surface area (TPSA) is 88.6 Å². The van der Waals surface area contributed by atoms with E-state index in [1.165, 1.54) is 6.92 Å². The van der Waals surface area contributed by atoms with E-state index in [2.05, 4.69) is 17.2 Å². The Morgan fingerprint density at radius 1 is 0.909 bits per heavy atom. The molecule has 4 aromatic rings. The summed E-state index contributed by atoms with van der Waals surface area (Å²) in [6.45, 7) is 4.22. The minimum absolute atomic E-state index is 0.0127. The fraction of sp³-hybridized carbons (Fsp3) is 0.243. The van der Waals surface area contributed by atoms with Crippen molar-refractivity contribution in [3.63, 3.8) is 0 Å². The van der Waals surface area contributed by atoms with Crippen molar-refractivity contribution in [3.8, 4) is 40.1 Å². The van der Waals surface area contributed by atoms with E-state index >= 15 is 0 Å². The van der Waals surface area contributed by atoms with Crippen LogP contribution in [0.3, 0.4) is 0 Å². The summed E-state index contributed by atoms with van der Waals surface area (Å²) in [5, 5.41) is 2.73. The number of carbonyl (C=O) groups is 3. The second kappa shape index (κ2) is 12.2. The van der Waals surface area contributed by atoms with E-state index in [4.69, 9.17) is 9.72 Å². The fourth-order valence-electron chi connectivity index (χ4n) is 5.85. The maximum Gasteiger partial charge on any atom is 0.254 e. The molecular weight excluding hydrogens is 550 g/mol. The number of carbonyl (C=O) groups excluding carboxylic acids is 3. The molecule has 0 aliphatic carbocycles. The van der Waals surface area contributed by atoms with E-state index in [1.54, 1.807) is 19.1 Å². The van der Waals surface area contributed by atoms with Crippen LogP contribution < -0.4 is 10.1 Å². The Balaban J connectivity index is 1.19. The van der Waals surface area contributed by atoms with Crippen LogP contribution in [0.2, 0.25) is 0 Å². The number of aromatic nitrogens is 1. The van der Waals surface area contributed by atoms with Gasteiger partial charge in [-0.15, -0.1) is 0 Å². The van der Waals surface area contributed by atoms with Crippen LogP contribution in [0, 0.1) is 11.8 Å². The molecule has 220 valence electrons. The van der Waals surface area contributed by atoms with Crippen LogP contribution in [0.4, 0.5) is 0 Å². The highest BCUT2D eigenvalue weighted by atomic mass is 16.5. The van der Waals surface area contributed by atoms with Gasteiger partial charge >= 0.3 is 0 Å². The number of hydrogen-bond acceptors (Lipinski definition) is 5. The van der Waals surface area contributed by atoms with Gasteiger partial charge < -0.3 is 15.0 Å². The first-order chi connectivity index (χ1) is 21.3. The first-order valence-corrected chi connectivity index (χ1v) is 14.9. The number of likely N-dealkylation sites (tertiary alicyclic amines) is 1. The molecule has 0 bridgehead atoms. The monoisotopic (exact) mass is 583 g/mol. The third-order valence-electron chi connectivity index (χ3n) is 8.12. The van der Waals surface area contributed by atoms with E-state index in [0.29, 0.717) is 48.4 Å². The van der Waals surface area contributed by atoms with Crippen molar-refractivity contribution >= 4 is 17.6 Å². The largest absolute Gasteiger partial charge is 0.486 e. The van der Waals surface area contributed by atoms with Crippen LogP contribution in [0.1, 0.15) is 59.4 Å². The number of pyridine rings is 1. The van der Waals surface area contributed by atoms with Gasteiger partial charge in [-0.05, 0) is 37.3 Å². The van der Waals surface area contributed by atoms with Gasteiger partial charge in [-0.1, -0.05) is 72.5 Å². The molecule has 0 saturated carbocycles. The van der Waals surface area contributed by atoms with E-state index < -0.39 is 5.60 Å². The van der Waals surface area contributed by atoms with Gasteiger partial charge in [0.2, 0.25) is 5.91 Å². The van der Waals surface area contributed by atoms with E-state index in [-0.39, 0.29) is 30.1 Å². The van der Waals surface area contributed by atoms with Crippen molar-refractivity contribution < 1.29 is 19.1 Å². The van der Waals surface area contributed by atoms with Gasteiger partial charge in [0, 0.05) is 55.1 Å². The Bertz CT molecular complexity index is 1720. The zero-order valence-electron chi connectivity index (χ0n) is 24.8. The molecule has 0 unspecified atom stereocenters. The normalized spacial score (nSPS) is 15.8. The summed E-state index contributed by atoms with van der Waals surface area (Å²) in [6, 6.07) is 28.6. The molecule has 7 heteroatoms. The van der Waals surface area contributed by atoms with Crippen LogP contribution in [0.25, 0.3) is 22.5 Å². The van der Waals surface area contributed by atoms with Crippen LogP contribution >= 0.6 is 0 Å². The molecule has 1 atom stereocenters. The number of amides is 2. The van der Waals surface area contributed by atoms with E-state index in [0.717, 1.165) is 22.5 Å². The number of fused-ring (bicyclic) bond motifs is 1. The molecule has 1 saturated heterocycles. The Hall–Kier alpha value is -5.22. The van der Waals surface area contributed by atoms with Crippen molar-refractivity contribution in [2.45, 2.75) is 44.8 Å². The SMILES string of the molecule is CC(=O)N[C@H](C)C#Cc1ccc2c(c1)C(=O)CC1(CCN(C(=O)c3cc(-c4ccccc4)nc(-c4ccccc4)c3)CC1)O2. The van der Waals surface area contributed by atoms with Crippen LogP contribution in [-0.2, 0) is 4.79 Å². The smallest absolute Gasteiger partial charge is 0.254 e. The quantitative estimate of drug-likeness (QED) is 0.301. The third-order valence-corrected chi connectivity index (χ3v) is 8.12. The number of Topliss-reactive ketones (excluding diaryl/α,β-unsaturated/α-hetero) is 1. The van der Waals surface area contributed by atoms with Crippen molar-refractivity contribution in [3.05, 3.63) is 108 Å². The molecule has 1 aromatic heterocycles. The van der Waals surface area contributed by atoms with Gasteiger partial charge in [0.05, 0.1) is 29.4 Å². The zero-order chi connectivity index (χ0) is 30.7. The second-order valence-corrected chi connectivity index (χ2v) is 11.4. The second-order valence-electron chi connectivity index (χ2n) is 11.4. The molecule has 2 aliphatic rings. The van der Waals surface area contributed by atoms with Crippen LogP contribution in [0.15, 0.2) is 91.0 Å². The van der Waals surface area contributed by atoms with E-state index in [9.17, 15) is 14.4 Å². The molecule has 1 spiro atoms. The highest BCUT2D eigenvalue weighted by Gasteiger charge is 2.43. The Labute approximate surface area is 257 Å². The Morgan fingerprint density at radius 3 is 2.11 bits per heavy atom. The first-order valence-electron chi connectivity index (χ1n) is 14.9. The Kier molecular flexibility index (Phi) is 7.99. The lowest BCUT2D eigenvalue weighted by molar-refractivity contribution is -0.119. The van der Waals surface area contributed by atoms with Gasteiger partial charge in [-0.25, -0.2) is 4.98 Å². The number of ketones is 1. The molecule has 1 N–H and O–H groups in total. The molecule has 6 rings (SSSR count). The lowest BCUT2D eigenvalue weighted by atomic mass is 9.82. The molecule has 3 heterocycles. The molecule has 2 aliphatic heterocycles.